The number of piperidine rings is 1. The number of halogens is 1. The first kappa shape index (κ1) is 18.5. The minimum Gasteiger partial charge on any atom is -0.312 e. The summed E-state index contributed by atoms with van der Waals surface area (Å²) in [5.74, 6) is 3.58. The first-order valence-electron chi connectivity index (χ1n) is 10.2. The molecular weight excluding hydrogens is 394 g/mol. The highest BCUT2D eigenvalue weighted by molar-refractivity contribution is 7.15. The van der Waals surface area contributed by atoms with Gasteiger partial charge >= 0.3 is 0 Å². The van der Waals surface area contributed by atoms with Crippen molar-refractivity contribution >= 4 is 28.7 Å². The van der Waals surface area contributed by atoms with E-state index in [-0.39, 0.29) is 12.4 Å². The lowest BCUT2D eigenvalue weighted by Gasteiger charge is -2.32. The van der Waals surface area contributed by atoms with E-state index in [1.807, 2.05) is 0 Å². The minimum absolute atomic E-state index is 0. The summed E-state index contributed by atoms with van der Waals surface area (Å²) in [6.45, 7) is 6.18. The van der Waals surface area contributed by atoms with Crippen LogP contribution in [0.1, 0.15) is 60.6 Å². The minimum atomic E-state index is 0. The number of fused-ring (bicyclic) bond motifs is 2. The first-order valence-corrected chi connectivity index (χ1v) is 11.0. The number of hydrogen-bond acceptors (Lipinski definition) is 6. The Balaban J connectivity index is 0.00000171. The molecule has 0 atom stereocenters. The molecule has 2 fully saturated rings. The summed E-state index contributed by atoms with van der Waals surface area (Å²) in [6.07, 6.45) is 7.17. The Morgan fingerprint density at radius 1 is 1.07 bits per heavy atom. The van der Waals surface area contributed by atoms with Gasteiger partial charge in [-0.05, 0) is 38.8 Å². The topological polar surface area (TPSA) is 63.3 Å². The number of likely N-dealkylation sites (tertiary alicyclic amines) is 1. The predicted octanol–water partition coefficient (Wildman–Crippen LogP) is 2.77. The quantitative estimate of drug-likeness (QED) is 0.704. The van der Waals surface area contributed by atoms with Gasteiger partial charge in [-0.15, -0.1) is 33.9 Å². The van der Waals surface area contributed by atoms with Crippen molar-refractivity contribution in [2.75, 3.05) is 19.6 Å². The number of imidazole rings is 1. The fourth-order valence-corrected chi connectivity index (χ4v) is 5.41. The van der Waals surface area contributed by atoms with E-state index in [1.54, 1.807) is 11.3 Å². The number of aromatic nitrogens is 5. The Bertz CT molecular complexity index is 964. The fourth-order valence-electron chi connectivity index (χ4n) is 4.67. The third-order valence-electron chi connectivity index (χ3n) is 6.33. The van der Waals surface area contributed by atoms with E-state index < -0.39 is 0 Å². The van der Waals surface area contributed by atoms with E-state index in [2.05, 4.69) is 41.0 Å². The van der Waals surface area contributed by atoms with Crippen LogP contribution in [0.3, 0.4) is 0 Å². The second kappa shape index (κ2) is 7.40. The van der Waals surface area contributed by atoms with Crippen molar-refractivity contribution in [3.05, 3.63) is 34.6 Å². The zero-order valence-electron chi connectivity index (χ0n) is 15.9. The Labute approximate surface area is 174 Å². The average Bonchev–Trinajstić information content (AvgIpc) is 3.14. The van der Waals surface area contributed by atoms with E-state index >= 15 is 0 Å². The van der Waals surface area contributed by atoms with Crippen LogP contribution in [0.5, 0.6) is 0 Å². The Morgan fingerprint density at radius 2 is 1.93 bits per heavy atom. The van der Waals surface area contributed by atoms with Crippen LogP contribution in [0.4, 0.5) is 0 Å². The first-order chi connectivity index (χ1) is 13.4. The third-order valence-corrected chi connectivity index (χ3v) is 7.09. The standard InChI is InChI=1S/C19H25N7S.ClH/c1-2-13(1)17-15(25-9-10-27-19(25)21-17)12-24-6-3-14(4-7-24)18-23-22-16-11-20-5-8-26(16)18;/h9-10,13-14,20H,1-8,11-12H2;1H. The Hall–Kier alpha value is -1.48. The highest BCUT2D eigenvalue weighted by Crippen LogP contribution is 2.42. The van der Waals surface area contributed by atoms with Gasteiger partial charge in [-0.1, -0.05) is 0 Å². The van der Waals surface area contributed by atoms with Gasteiger partial charge in [0.05, 0.1) is 17.9 Å². The van der Waals surface area contributed by atoms with Gasteiger partial charge in [-0.25, -0.2) is 4.98 Å². The van der Waals surface area contributed by atoms with Crippen LogP contribution in [0.25, 0.3) is 4.96 Å². The molecule has 1 N–H and O–H groups in total. The van der Waals surface area contributed by atoms with Gasteiger partial charge < -0.3 is 9.88 Å². The van der Waals surface area contributed by atoms with Crippen molar-refractivity contribution in [2.45, 2.75) is 57.2 Å². The van der Waals surface area contributed by atoms with E-state index in [0.29, 0.717) is 11.8 Å². The number of nitrogens with zero attached hydrogens (tertiary/aromatic N) is 6. The van der Waals surface area contributed by atoms with Crippen molar-refractivity contribution in [1.29, 1.82) is 0 Å². The zero-order chi connectivity index (χ0) is 17.8. The summed E-state index contributed by atoms with van der Waals surface area (Å²) in [6, 6.07) is 0. The number of thiazole rings is 1. The average molecular weight is 420 g/mol. The van der Waals surface area contributed by atoms with Gasteiger partial charge in [0.15, 0.2) is 4.96 Å². The summed E-state index contributed by atoms with van der Waals surface area (Å²) in [7, 11) is 0. The fraction of sp³-hybridized carbons (Fsp3) is 0.632. The Kier molecular flexibility index (Phi) is 4.90. The molecule has 9 heteroatoms. The van der Waals surface area contributed by atoms with Gasteiger partial charge in [0.25, 0.3) is 0 Å². The molecule has 3 aromatic heterocycles. The maximum atomic E-state index is 4.93. The molecule has 6 rings (SSSR count). The van der Waals surface area contributed by atoms with Gasteiger partial charge in [0, 0.05) is 43.0 Å². The van der Waals surface area contributed by atoms with E-state index in [9.17, 15) is 0 Å². The van der Waals surface area contributed by atoms with E-state index in [4.69, 9.17) is 4.98 Å². The highest BCUT2D eigenvalue weighted by Gasteiger charge is 2.32. The summed E-state index contributed by atoms with van der Waals surface area (Å²) in [4.78, 5) is 8.70. The van der Waals surface area contributed by atoms with Crippen molar-refractivity contribution in [3.63, 3.8) is 0 Å². The lowest BCUT2D eigenvalue weighted by molar-refractivity contribution is 0.196. The van der Waals surface area contributed by atoms with Gasteiger partial charge in [0.2, 0.25) is 0 Å². The molecule has 0 unspecified atom stereocenters. The van der Waals surface area contributed by atoms with E-state index in [0.717, 1.165) is 50.1 Å². The van der Waals surface area contributed by atoms with Gasteiger partial charge in [-0.2, -0.15) is 0 Å². The molecule has 0 radical (unpaired) electrons. The van der Waals surface area contributed by atoms with Crippen molar-refractivity contribution in [3.8, 4) is 0 Å². The molecule has 0 aromatic carbocycles. The van der Waals surface area contributed by atoms with Crippen LogP contribution >= 0.6 is 23.7 Å². The number of rotatable bonds is 4. The maximum Gasteiger partial charge on any atom is 0.194 e. The summed E-state index contributed by atoms with van der Waals surface area (Å²) in [5.41, 5.74) is 2.79. The van der Waals surface area contributed by atoms with E-state index in [1.165, 1.54) is 42.9 Å². The number of nitrogens with one attached hydrogen (secondary N) is 1. The molecule has 3 aromatic rings. The molecule has 3 aliphatic rings. The monoisotopic (exact) mass is 419 g/mol. The molecule has 5 heterocycles. The highest BCUT2D eigenvalue weighted by atomic mass is 35.5. The van der Waals surface area contributed by atoms with Crippen LogP contribution in [0.15, 0.2) is 11.6 Å². The molecular formula is C19H26ClN7S. The van der Waals surface area contributed by atoms with Crippen LogP contribution in [0.2, 0.25) is 0 Å². The maximum absolute atomic E-state index is 4.93. The van der Waals surface area contributed by atoms with Crippen LogP contribution in [-0.2, 0) is 19.6 Å². The summed E-state index contributed by atoms with van der Waals surface area (Å²) in [5, 5.41) is 14.5. The SMILES string of the molecule is Cl.c1cn2c(CN3CCC(c4nnc5n4CCNC5)CC3)c(C3CC3)nc2s1. The molecule has 7 nitrogen and oxygen atoms in total. The summed E-state index contributed by atoms with van der Waals surface area (Å²) < 4.78 is 4.68. The second-order valence-electron chi connectivity index (χ2n) is 8.13. The lowest BCUT2D eigenvalue weighted by atomic mass is 9.95. The van der Waals surface area contributed by atoms with Crippen LogP contribution in [0, 0.1) is 0 Å². The molecule has 1 saturated carbocycles. The molecule has 150 valence electrons. The van der Waals surface area contributed by atoms with Gasteiger partial charge in [0.1, 0.15) is 11.6 Å². The molecule has 28 heavy (non-hydrogen) atoms. The molecule has 0 amide bonds. The lowest BCUT2D eigenvalue weighted by Crippen LogP contribution is -2.35. The predicted molar refractivity (Wildman–Crippen MR) is 111 cm³/mol. The van der Waals surface area contributed by atoms with Crippen molar-refractivity contribution < 1.29 is 0 Å². The third kappa shape index (κ3) is 3.16. The van der Waals surface area contributed by atoms with Crippen molar-refractivity contribution in [1.82, 2.24) is 34.4 Å². The molecule has 1 saturated heterocycles. The van der Waals surface area contributed by atoms with Crippen molar-refractivity contribution in [2.24, 2.45) is 0 Å². The largest absolute Gasteiger partial charge is 0.312 e. The molecule has 0 spiro atoms. The number of hydrogen-bond donors (Lipinski definition) is 1. The van der Waals surface area contributed by atoms with Gasteiger partial charge in [-0.3, -0.25) is 9.30 Å². The van der Waals surface area contributed by atoms with Crippen LogP contribution < -0.4 is 5.32 Å². The molecule has 2 aliphatic heterocycles. The summed E-state index contributed by atoms with van der Waals surface area (Å²) >= 11 is 1.75. The smallest absolute Gasteiger partial charge is 0.194 e. The normalized spacial score (nSPS) is 21.0. The van der Waals surface area contributed by atoms with Crippen LogP contribution in [-0.4, -0.2) is 48.7 Å². The second-order valence-corrected chi connectivity index (χ2v) is 9.00. The molecule has 0 bridgehead atoms. The zero-order valence-corrected chi connectivity index (χ0v) is 17.5. The molecule has 1 aliphatic carbocycles. The Morgan fingerprint density at radius 3 is 2.75 bits per heavy atom.